The molecule has 68 valence electrons. The second-order valence-electron chi connectivity index (χ2n) is 3.85. The van der Waals surface area contributed by atoms with Gasteiger partial charge in [-0.25, -0.2) is 0 Å². The fraction of sp³-hybridized carbons (Fsp3) is 0.333. The third kappa shape index (κ3) is 1.46. The second kappa shape index (κ2) is 3.25. The Morgan fingerprint density at radius 2 is 2.00 bits per heavy atom. The van der Waals surface area contributed by atoms with Crippen LogP contribution in [0.5, 0.6) is 0 Å². The van der Waals surface area contributed by atoms with Crippen LogP contribution in [0.15, 0.2) is 30.5 Å². The number of fused-ring (bicyclic) bond motifs is 1. The third-order valence-corrected chi connectivity index (χ3v) is 2.54. The SMILES string of the molecule is CC(C)C1NC=Cc2ccccc21. The van der Waals surface area contributed by atoms with Crippen LogP contribution in [-0.2, 0) is 0 Å². The molecular formula is C12H15N. The molecule has 1 nitrogen and oxygen atoms in total. The van der Waals surface area contributed by atoms with Gasteiger partial charge in [0, 0.05) is 0 Å². The van der Waals surface area contributed by atoms with Crippen molar-refractivity contribution in [2.45, 2.75) is 19.9 Å². The maximum atomic E-state index is 3.39. The van der Waals surface area contributed by atoms with Crippen LogP contribution in [0.4, 0.5) is 0 Å². The second-order valence-corrected chi connectivity index (χ2v) is 3.85. The molecule has 2 rings (SSSR count). The van der Waals surface area contributed by atoms with E-state index in [-0.39, 0.29) is 0 Å². The molecule has 0 aliphatic carbocycles. The van der Waals surface area contributed by atoms with Crippen LogP contribution >= 0.6 is 0 Å². The van der Waals surface area contributed by atoms with Crippen molar-refractivity contribution in [2.24, 2.45) is 5.92 Å². The summed E-state index contributed by atoms with van der Waals surface area (Å²) < 4.78 is 0. The van der Waals surface area contributed by atoms with Gasteiger partial charge in [0.05, 0.1) is 6.04 Å². The van der Waals surface area contributed by atoms with Crippen molar-refractivity contribution in [1.29, 1.82) is 0 Å². The van der Waals surface area contributed by atoms with Gasteiger partial charge in [0.15, 0.2) is 0 Å². The summed E-state index contributed by atoms with van der Waals surface area (Å²) in [6.07, 6.45) is 4.18. The fourth-order valence-electron chi connectivity index (χ4n) is 1.83. The summed E-state index contributed by atoms with van der Waals surface area (Å²) >= 11 is 0. The molecule has 1 heteroatoms. The zero-order valence-corrected chi connectivity index (χ0v) is 8.12. The molecule has 1 unspecified atom stereocenters. The zero-order chi connectivity index (χ0) is 9.26. The maximum Gasteiger partial charge on any atom is 0.0537 e. The van der Waals surface area contributed by atoms with Crippen LogP contribution in [0.2, 0.25) is 0 Å². The molecule has 1 atom stereocenters. The Morgan fingerprint density at radius 1 is 1.23 bits per heavy atom. The van der Waals surface area contributed by atoms with E-state index in [9.17, 15) is 0 Å². The molecule has 0 spiro atoms. The summed E-state index contributed by atoms with van der Waals surface area (Å²) in [5.41, 5.74) is 2.76. The van der Waals surface area contributed by atoms with Gasteiger partial charge in [0.1, 0.15) is 0 Å². The van der Waals surface area contributed by atoms with E-state index in [1.54, 1.807) is 0 Å². The highest BCUT2D eigenvalue weighted by Crippen LogP contribution is 2.28. The van der Waals surface area contributed by atoms with E-state index < -0.39 is 0 Å². The summed E-state index contributed by atoms with van der Waals surface area (Å²) in [5, 5.41) is 3.39. The number of benzene rings is 1. The van der Waals surface area contributed by atoms with Crippen LogP contribution in [0.1, 0.15) is 31.0 Å². The molecule has 13 heavy (non-hydrogen) atoms. The van der Waals surface area contributed by atoms with Gasteiger partial charge in [-0.15, -0.1) is 0 Å². The molecule has 0 amide bonds. The van der Waals surface area contributed by atoms with Gasteiger partial charge in [-0.3, -0.25) is 0 Å². The average Bonchev–Trinajstić information content (AvgIpc) is 2.17. The Hall–Kier alpha value is -1.24. The molecule has 0 fully saturated rings. The lowest BCUT2D eigenvalue weighted by atomic mass is 9.90. The smallest absolute Gasteiger partial charge is 0.0537 e. The van der Waals surface area contributed by atoms with Crippen LogP contribution in [0.3, 0.4) is 0 Å². The summed E-state index contributed by atoms with van der Waals surface area (Å²) in [6, 6.07) is 9.04. The molecule has 1 aliphatic heterocycles. The van der Waals surface area contributed by atoms with Crippen molar-refractivity contribution in [1.82, 2.24) is 5.32 Å². The summed E-state index contributed by atoms with van der Waals surface area (Å²) in [4.78, 5) is 0. The summed E-state index contributed by atoms with van der Waals surface area (Å²) in [5.74, 6) is 0.631. The zero-order valence-electron chi connectivity index (χ0n) is 8.12. The Bertz CT molecular complexity index is 326. The van der Waals surface area contributed by atoms with Crippen LogP contribution in [0.25, 0.3) is 6.08 Å². The van der Waals surface area contributed by atoms with Crippen molar-refractivity contribution < 1.29 is 0 Å². The molecular weight excluding hydrogens is 158 g/mol. The number of hydrogen-bond donors (Lipinski definition) is 1. The van der Waals surface area contributed by atoms with E-state index >= 15 is 0 Å². The third-order valence-electron chi connectivity index (χ3n) is 2.54. The Balaban J connectivity index is 2.43. The summed E-state index contributed by atoms with van der Waals surface area (Å²) in [7, 11) is 0. The monoisotopic (exact) mass is 173 g/mol. The van der Waals surface area contributed by atoms with Crippen LogP contribution in [0, 0.1) is 5.92 Å². The van der Waals surface area contributed by atoms with Crippen molar-refractivity contribution in [3.8, 4) is 0 Å². The van der Waals surface area contributed by atoms with E-state index in [1.165, 1.54) is 11.1 Å². The molecule has 1 aromatic carbocycles. The molecule has 0 radical (unpaired) electrons. The van der Waals surface area contributed by atoms with Crippen molar-refractivity contribution in [2.75, 3.05) is 0 Å². The van der Waals surface area contributed by atoms with Crippen molar-refractivity contribution >= 4 is 6.08 Å². The minimum absolute atomic E-state index is 0.473. The first-order chi connectivity index (χ1) is 6.29. The van der Waals surface area contributed by atoms with E-state index in [2.05, 4.69) is 49.5 Å². The largest absolute Gasteiger partial charge is 0.384 e. The van der Waals surface area contributed by atoms with Crippen LogP contribution in [-0.4, -0.2) is 0 Å². The maximum absolute atomic E-state index is 3.39. The minimum atomic E-state index is 0.473. The average molecular weight is 173 g/mol. The van der Waals surface area contributed by atoms with E-state index in [0.29, 0.717) is 12.0 Å². The lowest BCUT2D eigenvalue weighted by Gasteiger charge is -2.26. The molecule has 1 aromatic rings. The highest BCUT2D eigenvalue weighted by atomic mass is 14.9. The predicted molar refractivity (Wildman–Crippen MR) is 56.2 cm³/mol. The molecule has 1 aliphatic rings. The first kappa shape index (κ1) is 8.36. The molecule has 0 saturated heterocycles. The van der Waals surface area contributed by atoms with Gasteiger partial charge >= 0.3 is 0 Å². The highest BCUT2D eigenvalue weighted by molar-refractivity contribution is 5.56. The lowest BCUT2D eigenvalue weighted by Crippen LogP contribution is -2.24. The highest BCUT2D eigenvalue weighted by Gasteiger charge is 2.18. The Labute approximate surface area is 79.5 Å². The van der Waals surface area contributed by atoms with E-state index in [4.69, 9.17) is 0 Å². The fourth-order valence-corrected chi connectivity index (χ4v) is 1.83. The van der Waals surface area contributed by atoms with E-state index in [0.717, 1.165) is 0 Å². The standard InChI is InChI=1S/C12H15N/c1-9(2)12-11-6-4-3-5-10(11)7-8-13-12/h3-9,12-13H,1-2H3. The van der Waals surface area contributed by atoms with Crippen LogP contribution < -0.4 is 5.32 Å². The van der Waals surface area contributed by atoms with Gasteiger partial charge < -0.3 is 5.32 Å². The van der Waals surface area contributed by atoms with Gasteiger partial charge in [0.25, 0.3) is 0 Å². The van der Waals surface area contributed by atoms with Gasteiger partial charge in [-0.1, -0.05) is 38.1 Å². The Kier molecular flexibility index (Phi) is 2.09. The predicted octanol–water partition coefficient (Wildman–Crippen LogP) is 2.96. The van der Waals surface area contributed by atoms with Gasteiger partial charge in [-0.2, -0.15) is 0 Å². The normalized spacial score (nSPS) is 19.8. The number of nitrogens with one attached hydrogen (secondary N) is 1. The molecule has 0 bridgehead atoms. The first-order valence-corrected chi connectivity index (χ1v) is 4.80. The molecule has 1 heterocycles. The molecule has 1 N–H and O–H groups in total. The number of hydrogen-bond acceptors (Lipinski definition) is 1. The Morgan fingerprint density at radius 3 is 2.77 bits per heavy atom. The van der Waals surface area contributed by atoms with Crippen molar-refractivity contribution in [3.05, 3.63) is 41.6 Å². The first-order valence-electron chi connectivity index (χ1n) is 4.80. The van der Waals surface area contributed by atoms with Gasteiger partial charge in [-0.05, 0) is 29.3 Å². The number of rotatable bonds is 1. The summed E-state index contributed by atoms with van der Waals surface area (Å²) in [6.45, 7) is 4.49. The molecule has 0 aromatic heterocycles. The van der Waals surface area contributed by atoms with E-state index in [1.807, 2.05) is 6.20 Å². The lowest BCUT2D eigenvalue weighted by molar-refractivity contribution is 0.454. The topological polar surface area (TPSA) is 12.0 Å². The molecule has 0 saturated carbocycles. The quantitative estimate of drug-likeness (QED) is 0.688. The minimum Gasteiger partial charge on any atom is -0.384 e. The van der Waals surface area contributed by atoms with Crippen molar-refractivity contribution in [3.63, 3.8) is 0 Å². The van der Waals surface area contributed by atoms with Gasteiger partial charge in [0.2, 0.25) is 0 Å².